The molecule has 88 valence electrons. The van der Waals surface area contributed by atoms with Crippen molar-refractivity contribution < 1.29 is 9.90 Å². The third-order valence-electron chi connectivity index (χ3n) is 2.51. The molecule has 2 N–H and O–H groups in total. The van der Waals surface area contributed by atoms with Crippen LogP contribution in [0.1, 0.15) is 35.7 Å². The van der Waals surface area contributed by atoms with E-state index in [4.69, 9.17) is 0 Å². The smallest absolute Gasteiger partial charge is 0.251 e. The maximum atomic E-state index is 11.8. The van der Waals surface area contributed by atoms with E-state index in [0.717, 1.165) is 12.0 Å². The fourth-order valence-electron chi connectivity index (χ4n) is 1.57. The lowest BCUT2D eigenvalue weighted by molar-refractivity contribution is 0.0909. The summed E-state index contributed by atoms with van der Waals surface area (Å²) in [6.07, 6.45) is 1.19. The van der Waals surface area contributed by atoms with Gasteiger partial charge in [-0.25, -0.2) is 0 Å². The van der Waals surface area contributed by atoms with Crippen LogP contribution >= 0.6 is 0 Å². The summed E-state index contributed by atoms with van der Waals surface area (Å²) >= 11 is 0. The van der Waals surface area contributed by atoms with E-state index < -0.39 is 6.10 Å². The Balaban J connectivity index is 2.50. The molecule has 1 unspecified atom stereocenters. The fourth-order valence-corrected chi connectivity index (χ4v) is 1.57. The molecule has 16 heavy (non-hydrogen) atoms. The first-order valence-corrected chi connectivity index (χ1v) is 5.67. The lowest BCUT2D eigenvalue weighted by atomic mass is 10.1. The van der Waals surface area contributed by atoms with Crippen LogP contribution in [-0.4, -0.2) is 23.7 Å². The molecule has 1 aromatic carbocycles. The van der Waals surface area contributed by atoms with E-state index >= 15 is 0 Å². The van der Waals surface area contributed by atoms with Crippen molar-refractivity contribution in [1.29, 1.82) is 0 Å². The lowest BCUT2D eigenvalue weighted by Crippen LogP contribution is -2.32. The van der Waals surface area contributed by atoms with Crippen molar-refractivity contribution >= 4 is 5.91 Å². The van der Waals surface area contributed by atoms with Crippen molar-refractivity contribution in [3.8, 4) is 0 Å². The highest BCUT2D eigenvalue weighted by Gasteiger charge is 2.09. The van der Waals surface area contributed by atoms with Gasteiger partial charge in [-0.15, -0.1) is 0 Å². The highest BCUT2D eigenvalue weighted by Crippen LogP contribution is 2.06. The highest BCUT2D eigenvalue weighted by molar-refractivity contribution is 5.95. The second kappa shape index (κ2) is 6.28. The lowest BCUT2D eigenvalue weighted by Gasteiger charge is -2.11. The van der Waals surface area contributed by atoms with Gasteiger partial charge in [0, 0.05) is 12.1 Å². The molecule has 1 atom stereocenters. The Labute approximate surface area is 96.5 Å². The first-order valence-electron chi connectivity index (χ1n) is 5.67. The summed E-state index contributed by atoms with van der Waals surface area (Å²) in [7, 11) is 0. The third-order valence-corrected chi connectivity index (χ3v) is 2.51. The second-order valence-corrected chi connectivity index (χ2v) is 3.97. The normalized spacial score (nSPS) is 12.2. The Morgan fingerprint density at radius 3 is 2.75 bits per heavy atom. The van der Waals surface area contributed by atoms with Crippen molar-refractivity contribution in [2.75, 3.05) is 6.54 Å². The molecular formula is C13H19NO2. The van der Waals surface area contributed by atoms with Crippen LogP contribution < -0.4 is 5.32 Å². The number of carbonyl (C=O) groups excluding carboxylic acids is 1. The summed E-state index contributed by atoms with van der Waals surface area (Å²) < 4.78 is 0. The molecule has 0 saturated heterocycles. The van der Waals surface area contributed by atoms with E-state index in [1.807, 2.05) is 32.0 Å². The van der Waals surface area contributed by atoms with Crippen molar-refractivity contribution in [1.82, 2.24) is 5.32 Å². The van der Waals surface area contributed by atoms with Crippen LogP contribution in [0.3, 0.4) is 0 Å². The molecular weight excluding hydrogens is 202 g/mol. The molecule has 3 heteroatoms. The molecule has 0 aliphatic carbocycles. The molecule has 0 aliphatic heterocycles. The minimum atomic E-state index is -0.446. The van der Waals surface area contributed by atoms with Crippen molar-refractivity contribution in [2.24, 2.45) is 0 Å². The summed E-state index contributed by atoms with van der Waals surface area (Å²) in [5, 5.41) is 12.2. The van der Waals surface area contributed by atoms with Crippen molar-refractivity contribution in [2.45, 2.75) is 32.8 Å². The maximum absolute atomic E-state index is 11.8. The Morgan fingerprint density at radius 1 is 1.44 bits per heavy atom. The van der Waals surface area contributed by atoms with Crippen LogP contribution in [0.5, 0.6) is 0 Å². The molecule has 1 rings (SSSR count). The number of aryl methyl sites for hydroxylation is 1. The molecule has 1 amide bonds. The minimum absolute atomic E-state index is 0.117. The van der Waals surface area contributed by atoms with E-state index in [9.17, 15) is 9.90 Å². The van der Waals surface area contributed by atoms with Crippen molar-refractivity contribution in [3.05, 3.63) is 35.4 Å². The fraction of sp³-hybridized carbons (Fsp3) is 0.462. The highest BCUT2D eigenvalue weighted by atomic mass is 16.3. The van der Waals surface area contributed by atoms with Crippen LogP contribution in [-0.2, 0) is 0 Å². The predicted octanol–water partition coefficient (Wildman–Crippen LogP) is 1.89. The van der Waals surface area contributed by atoms with Crippen molar-refractivity contribution in [3.63, 3.8) is 0 Å². The molecule has 0 aliphatic rings. The first-order chi connectivity index (χ1) is 7.65. The number of hydrogen-bond donors (Lipinski definition) is 2. The summed E-state index contributed by atoms with van der Waals surface area (Å²) in [6, 6.07) is 7.43. The molecule has 0 fully saturated rings. The average Bonchev–Trinajstić information content (AvgIpc) is 2.27. The molecule has 0 aromatic heterocycles. The Morgan fingerprint density at radius 2 is 2.12 bits per heavy atom. The Bertz CT molecular complexity index is 350. The summed E-state index contributed by atoms with van der Waals surface area (Å²) in [4.78, 5) is 11.8. The maximum Gasteiger partial charge on any atom is 0.251 e. The third kappa shape index (κ3) is 3.66. The standard InChI is InChI=1S/C13H19NO2/c1-3-6-11(15)9-14-13(16)12-8-5-4-7-10(12)2/h4-5,7-8,11,15H,3,6,9H2,1-2H3,(H,14,16). The monoisotopic (exact) mass is 221 g/mol. The minimum Gasteiger partial charge on any atom is -0.391 e. The zero-order valence-electron chi connectivity index (χ0n) is 9.86. The summed E-state index contributed by atoms with van der Waals surface area (Å²) in [5.74, 6) is -0.117. The number of rotatable bonds is 5. The van der Waals surface area contributed by atoms with E-state index in [2.05, 4.69) is 5.32 Å². The van der Waals surface area contributed by atoms with Gasteiger partial charge in [0.2, 0.25) is 0 Å². The number of amides is 1. The molecule has 0 bridgehead atoms. The molecule has 0 radical (unpaired) electrons. The van der Waals surface area contributed by atoms with E-state index in [-0.39, 0.29) is 5.91 Å². The van der Waals surface area contributed by atoms with Crippen LogP contribution in [0.4, 0.5) is 0 Å². The first kappa shape index (κ1) is 12.7. The van der Waals surface area contributed by atoms with Gasteiger partial charge in [0.05, 0.1) is 6.10 Å². The van der Waals surface area contributed by atoms with Gasteiger partial charge in [-0.1, -0.05) is 31.5 Å². The predicted molar refractivity (Wildman–Crippen MR) is 64.4 cm³/mol. The molecule has 0 spiro atoms. The van der Waals surface area contributed by atoms with Gasteiger partial charge < -0.3 is 10.4 Å². The van der Waals surface area contributed by atoms with E-state index in [0.29, 0.717) is 18.5 Å². The average molecular weight is 221 g/mol. The Hall–Kier alpha value is -1.35. The largest absolute Gasteiger partial charge is 0.391 e. The molecule has 3 nitrogen and oxygen atoms in total. The van der Waals surface area contributed by atoms with Gasteiger partial charge in [-0.05, 0) is 25.0 Å². The summed E-state index contributed by atoms with van der Waals surface area (Å²) in [5.41, 5.74) is 1.62. The molecule has 1 aromatic rings. The van der Waals surface area contributed by atoms with Gasteiger partial charge in [-0.3, -0.25) is 4.79 Å². The number of hydrogen-bond acceptors (Lipinski definition) is 2. The van der Waals surface area contributed by atoms with Crippen LogP contribution in [0.2, 0.25) is 0 Å². The van der Waals surface area contributed by atoms with Crippen LogP contribution in [0.25, 0.3) is 0 Å². The SMILES string of the molecule is CCCC(O)CNC(=O)c1ccccc1C. The van der Waals surface area contributed by atoms with Gasteiger partial charge in [0.25, 0.3) is 5.91 Å². The number of benzene rings is 1. The molecule has 0 saturated carbocycles. The number of aliphatic hydroxyl groups is 1. The number of nitrogens with one attached hydrogen (secondary N) is 1. The zero-order valence-corrected chi connectivity index (χ0v) is 9.86. The van der Waals surface area contributed by atoms with E-state index in [1.54, 1.807) is 6.07 Å². The van der Waals surface area contributed by atoms with E-state index in [1.165, 1.54) is 0 Å². The molecule has 0 heterocycles. The quantitative estimate of drug-likeness (QED) is 0.797. The van der Waals surface area contributed by atoms with Gasteiger partial charge in [-0.2, -0.15) is 0 Å². The van der Waals surface area contributed by atoms with Gasteiger partial charge in [0.15, 0.2) is 0 Å². The van der Waals surface area contributed by atoms with Crippen LogP contribution in [0, 0.1) is 6.92 Å². The zero-order chi connectivity index (χ0) is 12.0. The Kier molecular flexibility index (Phi) is 4.99. The number of aliphatic hydroxyl groups excluding tert-OH is 1. The topological polar surface area (TPSA) is 49.3 Å². The van der Waals surface area contributed by atoms with Crippen LogP contribution in [0.15, 0.2) is 24.3 Å². The van der Waals surface area contributed by atoms with Gasteiger partial charge in [0.1, 0.15) is 0 Å². The second-order valence-electron chi connectivity index (χ2n) is 3.97. The van der Waals surface area contributed by atoms with Gasteiger partial charge >= 0.3 is 0 Å². The number of carbonyl (C=O) groups is 1. The summed E-state index contributed by atoms with van der Waals surface area (Å²) in [6.45, 7) is 4.23.